The van der Waals surface area contributed by atoms with E-state index in [0.717, 1.165) is 0 Å². The predicted octanol–water partition coefficient (Wildman–Crippen LogP) is 2.36. The van der Waals surface area contributed by atoms with E-state index in [4.69, 9.17) is 4.42 Å². The Kier molecular flexibility index (Phi) is 2.42. The molecule has 4 nitrogen and oxygen atoms in total. The third kappa shape index (κ3) is 2.21. The molecule has 2 rings (SSSR count). The standard InChI is InChI=1S/C12H14N2O2/c1-12(2,3)14-11(15)8-4-5-10-9(6-8)13-7-16-10/h4-7H,1-3H3,(H,14,15). The highest BCUT2D eigenvalue weighted by atomic mass is 16.3. The van der Waals surface area contributed by atoms with Crippen molar-refractivity contribution in [2.75, 3.05) is 0 Å². The van der Waals surface area contributed by atoms with Crippen LogP contribution in [0.1, 0.15) is 31.1 Å². The van der Waals surface area contributed by atoms with Gasteiger partial charge in [0.15, 0.2) is 12.0 Å². The lowest BCUT2D eigenvalue weighted by molar-refractivity contribution is 0.0919. The molecular weight excluding hydrogens is 204 g/mol. The Balaban J connectivity index is 2.29. The summed E-state index contributed by atoms with van der Waals surface area (Å²) < 4.78 is 5.11. The van der Waals surface area contributed by atoms with Gasteiger partial charge in [-0.3, -0.25) is 4.79 Å². The molecule has 84 valence electrons. The summed E-state index contributed by atoms with van der Waals surface area (Å²) in [5.41, 5.74) is 1.74. The van der Waals surface area contributed by atoms with Crippen molar-refractivity contribution in [1.82, 2.24) is 10.3 Å². The molecule has 4 heteroatoms. The van der Waals surface area contributed by atoms with Crippen molar-refractivity contribution in [3.05, 3.63) is 30.2 Å². The number of carbonyl (C=O) groups is 1. The van der Waals surface area contributed by atoms with Crippen molar-refractivity contribution in [2.45, 2.75) is 26.3 Å². The fourth-order valence-corrected chi connectivity index (χ4v) is 1.41. The Morgan fingerprint density at radius 2 is 2.12 bits per heavy atom. The number of aromatic nitrogens is 1. The molecule has 1 aromatic heterocycles. The molecule has 0 aliphatic carbocycles. The quantitative estimate of drug-likeness (QED) is 0.799. The predicted molar refractivity (Wildman–Crippen MR) is 61.2 cm³/mol. The van der Waals surface area contributed by atoms with E-state index in [2.05, 4.69) is 10.3 Å². The van der Waals surface area contributed by atoms with Gasteiger partial charge in [0.05, 0.1) is 0 Å². The molecule has 1 amide bonds. The van der Waals surface area contributed by atoms with Crippen molar-refractivity contribution in [1.29, 1.82) is 0 Å². The fraction of sp³-hybridized carbons (Fsp3) is 0.333. The monoisotopic (exact) mass is 218 g/mol. The molecule has 0 saturated heterocycles. The van der Waals surface area contributed by atoms with Crippen molar-refractivity contribution >= 4 is 17.0 Å². The summed E-state index contributed by atoms with van der Waals surface area (Å²) in [6.45, 7) is 5.83. The van der Waals surface area contributed by atoms with Crippen LogP contribution in [0.15, 0.2) is 29.0 Å². The molecule has 0 unspecified atom stereocenters. The van der Waals surface area contributed by atoms with Crippen LogP contribution in [0, 0.1) is 0 Å². The smallest absolute Gasteiger partial charge is 0.251 e. The van der Waals surface area contributed by atoms with Crippen LogP contribution in [0.5, 0.6) is 0 Å². The highest BCUT2D eigenvalue weighted by molar-refractivity contribution is 5.97. The van der Waals surface area contributed by atoms with Crippen molar-refractivity contribution in [3.63, 3.8) is 0 Å². The Morgan fingerprint density at radius 3 is 2.81 bits per heavy atom. The van der Waals surface area contributed by atoms with Crippen LogP contribution in [0.25, 0.3) is 11.1 Å². The highest BCUT2D eigenvalue weighted by Gasteiger charge is 2.15. The first-order valence-corrected chi connectivity index (χ1v) is 5.11. The number of nitrogens with one attached hydrogen (secondary N) is 1. The number of hydrogen-bond acceptors (Lipinski definition) is 3. The van der Waals surface area contributed by atoms with Crippen molar-refractivity contribution in [2.24, 2.45) is 0 Å². The molecule has 0 spiro atoms. The van der Waals surface area contributed by atoms with Crippen LogP contribution < -0.4 is 5.32 Å². The Bertz CT molecular complexity index is 523. The zero-order valence-electron chi connectivity index (χ0n) is 9.57. The van der Waals surface area contributed by atoms with Crippen LogP contribution in [-0.4, -0.2) is 16.4 Å². The molecule has 0 aliphatic rings. The molecule has 1 aromatic carbocycles. The van der Waals surface area contributed by atoms with E-state index in [0.29, 0.717) is 16.7 Å². The molecule has 0 atom stereocenters. The number of amides is 1. The van der Waals surface area contributed by atoms with Crippen LogP contribution in [-0.2, 0) is 0 Å². The lowest BCUT2D eigenvalue weighted by atomic mass is 10.1. The Morgan fingerprint density at radius 1 is 1.38 bits per heavy atom. The summed E-state index contributed by atoms with van der Waals surface area (Å²) in [6.07, 6.45) is 1.37. The largest absolute Gasteiger partial charge is 0.443 e. The third-order valence-corrected chi connectivity index (χ3v) is 2.08. The topological polar surface area (TPSA) is 55.1 Å². The van der Waals surface area contributed by atoms with Gasteiger partial charge in [-0.1, -0.05) is 0 Å². The van der Waals surface area contributed by atoms with E-state index < -0.39 is 0 Å². The zero-order valence-corrected chi connectivity index (χ0v) is 9.57. The minimum atomic E-state index is -0.240. The number of benzene rings is 1. The molecule has 16 heavy (non-hydrogen) atoms. The summed E-state index contributed by atoms with van der Waals surface area (Å²) >= 11 is 0. The Labute approximate surface area is 93.7 Å². The van der Waals surface area contributed by atoms with Crippen LogP contribution in [0.4, 0.5) is 0 Å². The molecule has 0 radical (unpaired) electrons. The minimum Gasteiger partial charge on any atom is -0.443 e. The molecular formula is C12H14N2O2. The maximum Gasteiger partial charge on any atom is 0.251 e. The van der Waals surface area contributed by atoms with Gasteiger partial charge in [0.1, 0.15) is 5.52 Å². The van der Waals surface area contributed by atoms with Crippen molar-refractivity contribution < 1.29 is 9.21 Å². The van der Waals surface area contributed by atoms with Gasteiger partial charge in [0.2, 0.25) is 0 Å². The van der Waals surface area contributed by atoms with Crippen LogP contribution in [0.3, 0.4) is 0 Å². The van der Waals surface area contributed by atoms with E-state index in [9.17, 15) is 4.79 Å². The third-order valence-electron chi connectivity index (χ3n) is 2.08. The Hall–Kier alpha value is -1.84. The summed E-state index contributed by atoms with van der Waals surface area (Å²) in [6, 6.07) is 5.20. The van der Waals surface area contributed by atoms with Crippen molar-refractivity contribution in [3.8, 4) is 0 Å². The van der Waals surface area contributed by atoms with Gasteiger partial charge in [0.25, 0.3) is 5.91 Å². The lowest BCUT2D eigenvalue weighted by Crippen LogP contribution is -2.40. The molecule has 1 heterocycles. The van der Waals surface area contributed by atoms with Gasteiger partial charge in [-0.25, -0.2) is 4.98 Å². The number of hydrogen-bond donors (Lipinski definition) is 1. The van der Waals surface area contributed by atoms with Gasteiger partial charge in [-0.15, -0.1) is 0 Å². The summed E-state index contributed by atoms with van der Waals surface area (Å²) in [4.78, 5) is 15.9. The number of fused-ring (bicyclic) bond motifs is 1. The van der Waals surface area contributed by atoms with Gasteiger partial charge in [-0.2, -0.15) is 0 Å². The molecule has 2 aromatic rings. The first kappa shape index (κ1) is 10.7. The number of carbonyl (C=O) groups excluding carboxylic acids is 1. The first-order chi connectivity index (χ1) is 7.46. The number of oxazole rings is 1. The second-order valence-electron chi connectivity index (χ2n) is 4.74. The highest BCUT2D eigenvalue weighted by Crippen LogP contribution is 2.14. The van der Waals surface area contributed by atoms with Gasteiger partial charge in [-0.05, 0) is 39.0 Å². The normalized spacial score (nSPS) is 11.7. The molecule has 0 aliphatic heterocycles. The number of rotatable bonds is 1. The summed E-state index contributed by atoms with van der Waals surface area (Å²) in [7, 11) is 0. The fourth-order valence-electron chi connectivity index (χ4n) is 1.41. The zero-order chi connectivity index (χ0) is 11.8. The second-order valence-corrected chi connectivity index (χ2v) is 4.74. The van der Waals surface area contributed by atoms with Gasteiger partial charge < -0.3 is 9.73 Å². The average molecular weight is 218 g/mol. The van der Waals surface area contributed by atoms with Crippen LogP contribution >= 0.6 is 0 Å². The van der Waals surface area contributed by atoms with Gasteiger partial charge >= 0.3 is 0 Å². The maximum atomic E-state index is 11.9. The van der Waals surface area contributed by atoms with Gasteiger partial charge in [0, 0.05) is 11.1 Å². The molecule has 0 saturated carbocycles. The second kappa shape index (κ2) is 3.63. The average Bonchev–Trinajstić information content (AvgIpc) is 2.61. The lowest BCUT2D eigenvalue weighted by Gasteiger charge is -2.20. The number of nitrogens with zero attached hydrogens (tertiary/aromatic N) is 1. The molecule has 0 fully saturated rings. The van der Waals surface area contributed by atoms with E-state index in [1.54, 1.807) is 18.2 Å². The molecule has 1 N–H and O–H groups in total. The van der Waals surface area contributed by atoms with E-state index in [1.807, 2.05) is 20.8 Å². The van der Waals surface area contributed by atoms with Crippen LogP contribution in [0.2, 0.25) is 0 Å². The van der Waals surface area contributed by atoms with E-state index in [1.165, 1.54) is 6.39 Å². The SMILES string of the molecule is CC(C)(C)NC(=O)c1ccc2ocnc2c1. The van der Waals surface area contributed by atoms with E-state index >= 15 is 0 Å². The summed E-state index contributed by atoms with van der Waals surface area (Å²) in [5, 5.41) is 2.89. The van der Waals surface area contributed by atoms with E-state index in [-0.39, 0.29) is 11.4 Å². The first-order valence-electron chi connectivity index (χ1n) is 5.11. The summed E-state index contributed by atoms with van der Waals surface area (Å²) in [5.74, 6) is -0.0996. The maximum absolute atomic E-state index is 11.9. The minimum absolute atomic E-state index is 0.0996. The molecule has 0 bridgehead atoms.